The minimum Gasteiger partial charge on any atom is -0.276 e. The van der Waals surface area contributed by atoms with Crippen molar-refractivity contribution in [2.24, 2.45) is 0 Å². The van der Waals surface area contributed by atoms with Gasteiger partial charge in [-0.25, -0.2) is 9.97 Å². The second-order valence-corrected chi connectivity index (χ2v) is 6.97. The highest BCUT2D eigenvalue weighted by Gasteiger charge is 2.24. The van der Waals surface area contributed by atoms with Crippen molar-refractivity contribution in [2.45, 2.75) is 0 Å². The van der Waals surface area contributed by atoms with Crippen LogP contribution in [0.3, 0.4) is 0 Å². The summed E-state index contributed by atoms with van der Waals surface area (Å²) in [5, 5.41) is 22.3. The maximum Gasteiger partial charge on any atom is 0.356 e. The number of aromatic nitrogens is 2. The molecule has 0 radical (unpaired) electrons. The van der Waals surface area contributed by atoms with Crippen LogP contribution in [0.15, 0.2) is 59.3 Å². The number of anilines is 2. The van der Waals surface area contributed by atoms with E-state index in [1.165, 1.54) is 18.2 Å². The van der Waals surface area contributed by atoms with Gasteiger partial charge < -0.3 is 0 Å². The molecule has 4 N–H and O–H groups in total. The van der Waals surface area contributed by atoms with Crippen molar-refractivity contribution in [1.82, 2.24) is 20.8 Å². The molecule has 0 aliphatic heterocycles. The third kappa shape index (κ3) is 5.53. The molecule has 33 heavy (non-hydrogen) atoms. The Morgan fingerprint density at radius 2 is 1.39 bits per heavy atom. The third-order valence-electron chi connectivity index (χ3n) is 4.05. The van der Waals surface area contributed by atoms with Gasteiger partial charge in [0.15, 0.2) is 0 Å². The van der Waals surface area contributed by atoms with Gasteiger partial charge in [-0.2, -0.15) is 0 Å². The van der Waals surface area contributed by atoms with E-state index in [4.69, 9.17) is 0 Å². The largest absolute Gasteiger partial charge is 0.356 e. The van der Waals surface area contributed by atoms with Crippen molar-refractivity contribution in [2.75, 3.05) is 10.9 Å². The monoisotopic (exact) mass is 516 g/mol. The summed E-state index contributed by atoms with van der Waals surface area (Å²) < 4.78 is 0.512. The number of non-ortho nitro benzene ring substituents is 1. The average Bonchev–Trinajstić information content (AvgIpc) is 2.81. The van der Waals surface area contributed by atoms with Gasteiger partial charge in [0.25, 0.3) is 17.5 Å². The number of nitro groups is 2. The van der Waals surface area contributed by atoms with Crippen LogP contribution in [0.4, 0.5) is 23.0 Å². The van der Waals surface area contributed by atoms with E-state index in [1.54, 1.807) is 18.2 Å². The van der Waals surface area contributed by atoms with E-state index in [-0.39, 0.29) is 28.5 Å². The molecule has 0 fully saturated rings. The van der Waals surface area contributed by atoms with Crippen LogP contribution in [-0.2, 0) is 0 Å². The molecular weight excluding hydrogens is 504 g/mol. The van der Waals surface area contributed by atoms with Crippen LogP contribution in [0.1, 0.15) is 20.7 Å². The Morgan fingerprint density at radius 3 is 1.94 bits per heavy atom. The lowest BCUT2D eigenvalue weighted by atomic mass is 10.2. The van der Waals surface area contributed by atoms with Gasteiger partial charge in [-0.1, -0.05) is 12.1 Å². The Balaban J connectivity index is 1.72. The van der Waals surface area contributed by atoms with Crippen molar-refractivity contribution >= 4 is 50.8 Å². The van der Waals surface area contributed by atoms with E-state index < -0.39 is 27.3 Å². The summed E-state index contributed by atoms with van der Waals surface area (Å²) in [6.45, 7) is 0. The highest BCUT2D eigenvalue weighted by Crippen LogP contribution is 2.28. The molecule has 0 aliphatic rings. The first-order chi connectivity index (χ1) is 15.8. The molecule has 3 rings (SSSR count). The molecule has 14 nitrogen and oxygen atoms in total. The number of rotatable bonds is 8. The number of amides is 2. The second kappa shape index (κ2) is 10.1. The summed E-state index contributed by atoms with van der Waals surface area (Å²) in [6, 6.07) is 11.3. The number of carbonyl (C=O) groups is 2. The predicted octanol–water partition coefficient (Wildman–Crippen LogP) is 2.57. The van der Waals surface area contributed by atoms with Crippen LogP contribution in [0.2, 0.25) is 0 Å². The van der Waals surface area contributed by atoms with E-state index in [0.717, 1.165) is 18.5 Å². The number of benzene rings is 2. The molecular formula is C18H13BrN8O6. The van der Waals surface area contributed by atoms with Crippen LogP contribution in [-0.4, -0.2) is 31.6 Å². The van der Waals surface area contributed by atoms with Gasteiger partial charge in [0, 0.05) is 22.2 Å². The van der Waals surface area contributed by atoms with Gasteiger partial charge >= 0.3 is 5.69 Å². The highest BCUT2D eigenvalue weighted by molar-refractivity contribution is 9.10. The number of hydrazine groups is 2. The smallest absolute Gasteiger partial charge is 0.276 e. The summed E-state index contributed by atoms with van der Waals surface area (Å²) in [5.74, 6) is -2.03. The van der Waals surface area contributed by atoms with Crippen LogP contribution < -0.4 is 21.7 Å². The Kier molecular flexibility index (Phi) is 7.04. The van der Waals surface area contributed by atoms with E-state index >= 15 is 0 Å². The van der Waals surface area contributed by atoms with E-state index in [2.05, 4.69) is 47.6 Å². The second-order valence-electron chi connectivity index (χ2n) is 6.12. The first kappa shape index (κ1) is 23.0. The molecule has 0 unspecified atom stereocenters. The number of hydrogen-bond donors (Lipinski definition) is 4. The fourth-order valence-corrected chi connectivity index (χ4v) is 2.95. The Bertz CT molecular complexity index is 1240. The van der Waals surface area contributed by atoms with Gasteiger partial charge in [-0.3, -0.25) is 51.5 Å². The lowest BCUT2D eigenvalue weighted by molar-refractivity contribution is -0.384. The summed E-state index contributed by atoms with van der Waals surface area (Å²) in [6.07, 6.45) is 0.973. The van der Waals surface area contributed by atoms with Crippen molar-refractivity contribution < 1.29 is 19.4 Å². The summed E-state index contributed by atoms with van der Waals surface area (Å²) in [7, 11) is 0. The zero-order chi connectivity index (χ0) is 24.0. The minimum absolute atomic E-state index is 0.0591. The van der Waals surface area contributed by atoms with Crippen molar-refractivity contribution in [1.29, 1.82) is 0 Å². The van der Waals surface area contributed by atoms with E-state index in [1.807, 2.05) is 0 Å². The lowest BCUT2D eigenvalue weighted by Gasteiger charge is -2.12. The van der Waals surface area contributed by atoms with Gasteiger partial charge in [-0.15, -0.1) is 0 Å². The quantitative estimate of drug-likeness (QED) is 0.255. The van der Waals surface area contributed by atoms with Crippen LogP contribution >= 0.6 is 15.9 Å². The molecule has 0 spiro atoms. The first-order valence-corrected chi connectivity index (χ1v) is 9.68. The average molecular weight is 517 g/mol. The predicted molar refractivity (Wildman–Crippen MR) is 118 cm³/mol. The SMILES string of the molecule is O=C(NNc1ncnc(NNC(=O)c2ccccc2Br)c1[N+](=O)[O-])c1ccc([N+](=O)[O-])cc1. The Hall–Kier alpha value is -4.66. The fourth-order valence-electron chi connectivity index (χ4n) is 2.49. The number of nitrogens with one attached hydrogen (secondary N) is 4. The maximum absolute atomic E-state index is 12.3. The van der Waals surface area contributed by atoms with Crippen molar-refractivity contribution in [3.63, 3.8) is 0 Å². The summed E-state index contributed by atoms with van der Waals surface area (Å²) in [5.41, 5.74) is 8.66. The zero-order valence-electron chi connectivity index (χ0n) is 16.3. The van der Waals surface area contributed by atoms with Crippen LogP contribution in [0.25, 0.3) is 0 Å². The van der Waals surface area contributed by atoms with Gasteiger partial charge in [-0.05, 0) is 40.2 Å². The third-order valence-corrected chi connectivity index (χ3v) is 4.74. The van der Waals surface area contributed by atoms with E-state index in [0.29, 0.717) is 4.47 Å². The Labute approximate surface area is 192 Å². The number of nitro benzene ring substituents is 1. The molecule has 15 heteroatoms. The number of hydrogen-bond acceptors (Lipinski definition) is 10. The normalized spacial score (nSPS) is 10.1. The van der Waals surface area contributed by atoms with Crippen molar-refractivity contribution in [3.05, 3.63) is 90.7 Å². The number of halogens is 1. The molecule has 0 bridgehead atoms. The molecule has 0 atom stereocenters. The molecule has 0 saturated carbocycles. The molecule has 1 aromatic heterocycles. The maximum atomic E-state index is 12.3. The zero-order valence-corrected chi connectivity index (χ0v) is 17.9. The Morgan fingerprint density at radius 1 is 0.818 bits per heavy atom. The minimum atomic E-state index is -0.812. The number of carbonyl (C=O) groups excluding carboxylic acids is 2. The molecule has 0 aliphatic carbocycles. The van der Waals surface area contributed by atoms with Crippen molar-refractivity contribution in [3.8, 4) is 0 Å². The summed E-state index contributed by atoms with van der Waals surface area (Å²) >= 11 is 3.23. The standard InChI is InChI=1S/C18H13BrN8O6/c19-13-4-2-1-3-12(13)18(29)25-23-16-14(27(32)33)15(20-9-21-16)22-24-17(28)10-5-7-11(8-6-10)26(30)31/h1-9H,(H,24,28)(H,25,29)(H2,20,21,22,23). The lowest BCUT2D eigenvalue weighted by Crippen LogP contribution is -2.32. The topological polar surface area (TPSA) is 194 Å². The molecule has 1 heterocycles. The highest BCUT2D eigenvalue weighted by atomic mass is 79.9. The molecule has 168 valence electrons. The summed E-state index contributed by atoms with van der Waals surface area (Å²) in [4.78, 5) is 52.9. The molecule has 3 aromatic rings. The number of nitrogens with zero attached hydrogens (tertiary/aromatic N) is 4. The van der Waals surface area contributed by atoms with E-state index in [9.17, 15) is 29.8 Å². The molecule has 2 amide bonds. The first-order valence-electron chi connectivity index (χ1n) is 8.89. The fraction of sp³-hybridized carbons (Fsp3) is 0. The van der Waals surface area contributed by atoms with Gasteiger partial charge in [0.05, 0.1) is 15.4 Å². The van der Waals surface area contributed by atoms with Gasteiger partial charge in [0.2, 0.25) is 11.6 Å². The van der Waals surface area contributed by atoms with Gasteiger partial charge in [0.1, 0.15) is 6.33 Å². The molecule has 2 aromatic carbocycles. The van der Waals surface area contributed by atoms with Crippen LogP contribution in [0.5, 0.6) is 0 Å². The van der Waals surface area contributed by atoms with Crippen LogP contribution in [0, 0.1) is 20.2 Å². The molecule has 0 saturated heterocycles.